The molecule has 90 valence electrons. The fraction of sp³-hybridized carbons (Fsp3) is 0.929. The predicted molar refractivity (Wildman–Crippen MR) is 64.3 cm³/mol. The number of Topliss-reactive ketones (excluding diaryl/α,β-unsaturated/α-hetero) is 1. The number of hydrogen-bond donors (Lipinski definition) is 1. The van der Waals surface area contributed by atoms with Crippen LogP contribution in [0.2, 0.25) is 0 Å². The van der Waals surface area contributed by atoms with Crippen molar-refractivity contribution >= 4 is 5.78 Å². The summed E-state index contributed by atoms with van der Waals surface area (Å²) in [5.41, 5.74) is 0. The molecule has 0 aromatic heterocycles. The molecule has 0 bridgehead atoms. The number of piperidine rings is 1. The Bertz CT molecular complexity index is 272. The van der Waals surface area contributed by atoms with Gasteiger partial charge < -0.3 is 5.32 Å². The van der Waals surface area contributed by atoms with Crippen molar-refractivity contribution in [2.24, 2.45) is 11.8 Å². The molecular formula is C14H23NO. The third-order valence-corrected chi connectivity index (χ3v) is 5.00. The Morgan fingerprint density at radius 3 is 2.44 bits per heavy atom. The summed E-state index contributed by atoms with van der Waals surface area (Å²) < 4.78 is 0. The summed E-state index contributed by atoms with van der Waals surface area (Å²) in [7, 11) is 0. The number of hydrogen-bond acceptors (Lipinski definition) is 2. The van der Waals surface area contributed by atoms with Crippen LogP contribution in [0.1, 0.15) is 57.8 Å². The van der Waals surface area contributed by atoms with Crippen LogP contribution in [0.3, 0.4) is 0 Å². The average Bonchev–Trinajstić information content (AvgIpc) is 2.26. The van der Waals surface area contributed by atoms with E-state index in [1.54, 1.807) is 0 Å². The van der Waals surface area contributed by atoms with Crippen molar-refractivity contribution in [1.29, 1.82) is 0 Å². The van der Waals surface area contributed by atoms with Crippen molar-refractivity contribution in [2.45, 2.75) is 69.9 Å². The van der Waals surface area contributed by atoms with Gasteiger partial charge in [-0.05, 0) is 44.4 Å². The van der Waals surface area contributed by atoms with Crippen LogP contribution in [-0.2, 0) is 4.79 Å². The van der Waals surface area contributed by atoms with E-state index in [9.17, 15) is 4.79 Å². The number of carbonyl (C=O) groups excluding carboxylic acids is 1. The van der Waals surface area contributed by atoms with Gasteiger partial charge in [-0.25, -0.2) is 0 Å². The molecule has 2 heteroatoms. The summed E-state index contributed by atoms with van der Waals surface area (Å²) in [5.74, 6) is 1.83. The lowest BCUT2D eigenvalue weighted by Gasteiger charge is -2.41. The van der Waals surface area contributed by atoms with Gasteiger partial charge in [0.1, 0.15) is 0 Å². The van der Waals surface area contributed by atoms with E-state index in [0.29, 0.717) is 17.7 Å². The Kier molecular flexibility index (Phi) is 3.01. The molecule has 3 unspecified atom stereocenters. The number of nitrogens with one attached hydrogen (secondary N) is 1. The van der Waals surface area contributed by atoms with E-state index in [0.717, 1.165) is 25.2 Å². The first-order valence-electron chi connectivity index (χ1n) is 7.14. The zero-order valence-electron chi connectivity index (χ0n) is 10.1. The zero-order valence-corrected chi connectivity index (χ0v) is 10.1. The molecule has 0 radical (unpaired) electrons. The maximum Gasteiger partial charge on any atom is 0.152 e. The SMILES string of the molecule is O=C(C1CCC1)C1CCC2CCCCC2N1. The summed E-state index contributed by atoms with van der Waals surface area (Å²) in [4.78, 5) is 12.2. The summed E-state index contributed by atoms with van der Waals surface area (Å²) in [6.45, 7) is 0. The largest absolute Gasteiger partial charge is 0.304 e. The molecule has 16 heavy (non-hydrogen) atoms. The molecule has 2 saturated carbocycles. The van der Waals surface area contributed by atoms with Gasteiger partial charge in [0.05, 0.1) is 6.04 Å². The van der Waals surface area contributed by atoms with Gasteiger partial charge in [0, 0.05) is 12.0 Å². The van der Waals surface area contributed by atoms with Crippen molar-refractivity contribution in [3.8, 4) is 0 Å². The van der Waals surface area contributed by atoms with Crippen LogP contribution < -0.4 is 5.32 Å². The van der Waals surface area contributed by atoms with E-state index in [-0.39, 0.29) is 6.04 Å². The molecule has 1 N–H and O–H groups in total. The highest BCUT2D eigenvalue weighted by Gasteiger charge is 2.37. The Labute approximate surface area is 98.2 Å². The molecule has 2 nitrogen and oxygen atoms in total. The zero-order chi connectivity index (χ0) is 11.0. The average molecular weight is 221 g/mol. The molecule has 0 aromatic carbocycles. The number of rotatable bonds is 2. The van der Waals surface area contributed by atoms with Crippen molar-refractivity contribution in [3.63, 3.8) is 0 Å². The summed E-state index contributed by atoms with van der Waals surface area (Å²) in [6.07, 6.45) is 11.5. The van der Waals surface area contributed by atoms with E-state index in [1.165, 1.54) is 38.5 Å². The van der Waals surface area contributed by atoms with Crippen LogP contribution in [0.5, 0.6) is 0 Å². The highest BCUT2D eigenvalue weighted by Crippen LogP contribution is 2.35. The molecule has 3 aliphatic rings. The second-order valence-electron chi connectivity index (χ2n) is 5.98. The second-order valence-corrected chi connectivity index (χ2v) is 5.98. The quantitative estimate of drug-likeness (QED) is 0.776. The molecule has 0 amide bonds. The fourth-order valence-corrected chi connectivity index (χ4v) is 3.70. The monoisotopic (exact) mass is 221 g/mol. The van der Waals surface area contributed by atoms with E-state index in [1.807, 2.05) is 0 Å². The standard InChI is InChI=1S/C14H23NO/c16-14(11-5-3-6-11)13-9-8-10-4-1-2-7-12(10)15-13/h10-13,15H,1-9H2. The van der Waals surface area contributed by atoms with Gasteiger partial charge in [0.15, 0.2) is 5.78 Å². The highest BCUT2D eigenvalue weighted by atomic mass is 16.1. The highest BCUT2D eigenvalue weighted by molar-refractivity contribution is 5.87. The van der Waals surface area contributed by atoms with E-state index in [2.05, 4.69) is 5.32 Å². The van der Waals surface area contributed by atoms with Crippen LogP contribution >= 0.6 is 0 Å². The van der Waals surface area contributed by atoms with Crippen molar-refractivity contribution in [2.75, 3.05) is 0 Å². The Balaban J connectivity index is 1.59. The van der Waals surface area contributed by atoms with Crippen molar-refractivity contribution < 1.29 is 4.79 Å². The lowest BCUT2D eigenvalue weighted by molar-refractivity contribution is -0.128. The van der Waals surface area contributed by atoms with Crippen molar-refractivity contribution in [3.05, 3.63) is 0 Å². The molecule has 3 atom stereocenters. The van der Waals surface area contributed by atoms with E-state index >= 15 is 0 Å². The molecule has 3 fully saturated rings. The van der Waals surface area contributed by atoms with Crippen molar-refractivity contribution in [1.82, 2.24) is 5.32 Å². The maximum absolute atomic E-state index is 12.2. The first-order chi connectivity index (χ1) is 7.84. The minimum Gasteiger partial charge on any atom is -0.304 e. The molecule has 0 aromatic rings. The number of carbonyl (C=O) groups is 1. The second kappa shape index (κ2) is 4.48. The normalized spacial score (nSPS) is 39.9. The van der Waals surface area contributed by atoms with Crippen LogP contribution in [-0.4, -0.2) is 17.9 Å². The van der Waals surface area contributed by atoms with Gasteiger partial charge in [-0.2, -0.15) is 0 Å². The molecule has 2 aliphatic carbocycles. The van der Waals surface area contributed by atoms with Gasteiger partial charge in [0.2, 0.25) is 0 Å². The Hall–Kier alpha value is -0.370. The summed E-state index contributed by atoms with van der Waals surface area (Å²) >= 11 is 0. The van der Waals surface area contributed by atoms with Gasteiger partial charge in [-0.1, -0.05) is 19.3 Å². The van der Waals surface area contributed by atoms with Crippen LogP contribution in [0, 0.1) is 11.8 Å². The van der Waals surface area contributed by atoms with E-state index in [4.69, 9.17) is 0 Å². The Morgan fingerprint density at radius 1 is 0.875 bits per heavy atom. The van der Waals surface area contributed by atoms with Gasteiger partial charge in [-0.3, -0.25) is 4.79 Å². The predicted octanol–water partition coefficient (Wildman–Crippen LogP) is 2.67. The topological polar surface area (TPSA) is 29.1 Å². The lowest BCUT2D eigenvalue weighted by atomic mass is 9.73. The molecular weight excluding hydrogens is 198 g/mol. The third-order valence-electron chi connectivity index (χ3n) is 5.00. The first kappa shape index (κ1) is 10.8. The third kappa shape index (κ3) is 1.92. The summed E-state index contributed by atoms with van der Waals surface area (Å²) in [5, 5.41) is 3.65. The van der Waals surface area contributed by atoms with Gasteiger partial charge in [-0.15, -0.1) is 0 Å². The molecule has 0 spiro atoms. The van der Waals surface area contributed by atoms with E-state index < -0.39 is 0 Å². The number of fused-ring (bicyclic) bond motifs is 1. The molecule has 3 rings (SSSR count). The van der Waals surface area contributed by atoms with Crippen LogP contribution in [0.15, 0.2) is 0 Å². The van der Waals surface area contributed by atoms with Gasteiger partial charge in [0.25, 0.3) is 0 Å². The molecule has 1 saturated heterocycles. The minimum absolute atomic E-state index is 0.213. The Morgan fingerprint density at radius 2 is 1.69 bits per heavy atom. The minimum atomic E-state index is 0.213. The number of ketones is 1. The van der Waals surface area contributed by atoms with Gasteiger partial charge >= 0.3 is 0 Å². The maximum atomic E-state index is 12.2. The summed E-state index contributed by atoms with van der Waals surface area (Å²) in [6, 6.07) is 0.876. The fourth-order valence-electron chi connectivity index (χ4n) is 3.70. The molecule has 1 aliphatic heterocycles. The van der Waals surface area contributed by atoms with Crippen LogP contribution in [0.25, 0.3) is 0 Å². The first-order valence-corrected chi connectivity index (χ1v) is 7.14. The lowest BCUT2D eigenvalue weighted by Crippen LogP contribution is -2.53. The van der Waals surface area contributed by atoms with Crippen LogP contribution in [0.4, 0.5) is 0 Å². The smallest absolute Gasteiger partial charge is 0.152 e. The molecule has 1 heterocycles.